The standard InChI is InChI=1S/C19H22FNO2/c1-4-9-23-18-8-6-16(11-19(18)22-3)13-21-12-15-5-7-17(20)14(2)10-15/h4-8,10-11,21H,1,9,12-13H2,2-3H3. The van der Waals surface area contributed by atoms with E-state index >= 15 is 0 Å². The Bertz CT molecular complexity index is 670. The van der Waals surface area contributed by atoms with Crippen LogP contribution in [0.15, 0.2) is 49.1 Å². The molecule has 0 heterocycles. The summed E-state index contributed by atoms with van der Waals surface area (Å²) in [5, 5.41) is 3.34. The molecule has 0 aromatic heterocycles. The molecule has 0 saturated heterocycles. The number of aryl methyl sites for hydroxylation is 1. The zero-order chi connectivity index (χ0) is 16.7. The van der Waals surface area contributed by atoms with Gasteiger partial charge in [-0.3, -0.25) is 0 Å². The van der Waals surface area contributed by atoms with Gasteiger partial charge < -0.3 is 14.8 Å². The highest BCUT2D eigenvalue weighted by molar-refractivity contribution is 5.43. The minimum Gasteiger partial charge on any atom is -0.493 e. The Morgan fingerprint density at radius 2 is 1.78 bits per heavy atom. The molecule has 0 unspecified atom stereocenters. The van der Waals surface area contributed by atoms with Crippen LogP contribution in [0.1, 0.15) is 16.7 Å². The highest BCUT2D eigenvalue weighted by Crippen LogP contribution is 2.28. The van der Waals surface area contributed by atoms with Crippen LogP contribution < -0.4 is 14.8 Å². The van der Waals surface area contributed by atoms with E-state index in [1.165, 1.54) is 6.07 Å². The van der Waals surface area contributed by atoms with E-state index in [0.717, 1.165) is 11.1 Å². The molecule has 0 saturated carbocycles. The van der Waals surface area contributed by atoms with Crippen molar-refractivity contribution in [3.05, 3.63) is 71.6 Å². The quantitative estimate of drug-likeness (QED) is 0.747. The fourth-order valence-corrected chi connectivity index (χ4v) is 2.26. The Hall–Kier alpha value is -2.33. The normalized spacial score (nSPS) is 10.4. The van der Waals surface area contributed by atoms with Gasteiger partial charge in [-0.15, -0.1) is 0 Å². The molecule has 0 aliphatic carbocycles. The molecule has 2 rings (SSSR count). The van der Waals surface area contributed by atoms with Crippen LogP contribution in [0.5, 0.6) is 11.5 Å². The lowest BCUT2D eigenvalue weighted by Gasteiger charge is -2.12. The average Bonchev–Trinajstić information content (AvgIpc) is 2.56. The second kappa shape index (κ2) is 8.34. The lowest BCUT2D eigenvalue weighted by molar-refractivity contribution is 0.326. The Labute approximate surface area is 136 Å². The van der Waals surface area contributed by atoms with Crippen LogP contribution in [0, 0.1) is 12.7 Å². The van der Waals surface area contributed by atoms with Crippen LogP contribution in [0.3, 0.4) is 0 Å². The minimum atomic E-state index is -0.173. The fourth-order valence-electron chi connectivity index (χ4n) is 2.26. The second-order valence-electron chi connectivity index (χ2n) is 5.27. The summed E-state index contributed by atoms with van der Waals surface area (Å²) in [5.41, 5.74) is 2.81. The van der Waals surface area contributed by atoms with Crippen molar-refractivity contribution in [3.8, 4) is 11.5 Å². The number of rotatable bonds is 8. The van der Waals surface area contributed by atoms with Crippen molar-refractivity contribution < 1.29 is 13.9 Å². The van der Waals surface area contributed by atoms with E-state index in [4.69, 9.17) is 9.47 Å². The first kappa shape index (κ1) is 17.0. The molecule has 0 fully saturated rings. The molecule has 0 atom stereocenters. The number of hydrogen-bond donors (Lipinski definition) is 1. The van der Waals surface area contributed by atoms with Gasteiger partial charge in [0.1, 0.15) is 12.4 Å². The monoisotopic (exact) mass is 315 g/mol. The molecule has 1 N–H and O–H groups in total. The third-order valence-corrected chi connectivity index (χ3v) is 3.47. The summed E-state index contributed by atoms with van der Waals surface area (Å²) in [5.74, 6) is 1.22. The maximum absolute atomic E-state index is 13.2. The number of nitrogens with one attached hydrogen (secondary N) is 1. The molecule has 3 nitrogen and oxygen atoms in total. The van der Waals surface area contributed by atoms with Crippen molar-refractivity contribution >= 4 is 0 Å². The number of hydrogen-bond acceptors (Lipinski definition) is 3. The zero-order valence-electron chi connectivity index (χ0n) is 13.6. The van der Waals surface area contributed by atoms with Gasteiger partial charge in [-0.2, -0.15) is 0 Å². The third-order valence-electron chi connectivity index (χ3n) is 3.47. The van der Waals surface area contributed by atoms with Crippen LogP contribution in [-0.2, 0) is 13.1 Å². The smallest absolute Gasteiger partial charge is 0.161 e. The van der Waals surface area contributed by atoms with Crippen LogP contribution in [0.2, 0.25) is 0 Å². The lowest BCUT2D eigenvalue weighted by atomic mass is 10.1. The van der Waals surface area contributed by atoms with Gasteiger partial charge in [-0.1, -0.05) is 30.9 Å². The summed E-state index contributed by atoms with van der Waals surface area (Å²) < 4.78 is 24.1. The summed E-state index contributed by atoms with van der Waals surface area (Å²) in [6.07, 6.45) is 1.69. The van der Waals surface area contributed by atoms with E-state index in [2.05, 4.69) is 11.9 Å². The summed E-state index contributed by atoms with van der Waals surface area (Å²) in [4.78, 5) is 0. The van der Waals surface area contributed by atoms with E-state index < -0.39 is 0 Å². The molecule has 0 radical (unpaired) electrons. The molecule has 4 heteroatoms. The van der Waals surface area contributed by atoms with Gasteiger partial charge in [0, 0.05) is 13.1 Å². The second-order valence-corrected chi connectivity index (χ2v) is 5.27. The first-order chi connectivity index (χ1) is 11.1. The predicted octanol–water partition coefficient (Wildman–Crippen LogP) is 4.00. The molecular weight excluding hydrogens is 293 g/mol. The van der Waals surface area contributed by atoms with Crippen molar-refractivity contribution in [1.29, 1.82) is 0 Å². The Balaban J connectivity index is 1.94. The third kappa shape index (κ3) is 4.83. The molecule has 122 valence electrons. The largest absolute Gasteiger partial charge is 0.493 e. The highest BCUT2D eigenvalue weighted by atomic mass is 19.1. The summed E-state index contributed by atoms with van der Waals surface area (Å²) in [7, 11) is 1.62. The van der Waals surface area contributed by atoms with E-state index in [1.807, 2.05) is 24.3 Å². The maximum Gasteiger partial charge on any atom is 0.161 e. The first-order valence-electron chi connectivity index (χ1n) is 7.50. The molecule has 0 amide bonds. The van der Waals surface area contributed by atoms with Crippen molar-refractivity contribution in [1.82, 2.24) is 5.32 Å². The predicted molar refractivity (Wildman–Crippen MR) is 90.4 cm³/mol. The maximum atomic E-state index is 13.2. The number of methoxy groups -OCH3 is 1. The van der Waals surface area contributed by atoms with E-state index in [-0.39, 0.29) is 5.82 Å². The van der Waals surface area contributed by atoms with Crippen LogP contribution in [0.25, 0.3) is 0 Å². The molecule has 0 bridgehead atoms. The Morgan fingerprint density at radius 3 is 2.43 bits per heavy atom. The Morgan fingerprint density at radius 1 is 1.09 bits per heavy atom. The van der Waals surface area contributed by atoms with Gasteiger partial charge in [-0.05, 0) is 41.8 Å². The highest BCUT2D eigenvalue weighted by Gasteiger charge is 2.05. The minimum absolute atomic E-state index is 0.173. The van der Waals surface area contributed by atoms with Crippen LogP contribution in [0.4, 0.5) is 4.39 Å². The van der Waals surface area contributed by atoms with Gasteiger partial charge in [0.15, 0.2) is 11.5 Å². The SMILES string of the molecule is C=CCOc1ccc(CNCc2ccc(F)c(C)c2)cc1OC. The van der Waals surface area contributed by atoms with E-state index in [1.54, 1.807) is 26.2 Å². The average molecular weight is 315 g/mol. The number of halogens is 1. The molecule has 0 aliphatic rings. The summed E-state index contributed by atoms with van der Waals surface area (Å²) in [6.45, 7) is 7.21. The van der Waals surface area contributed by atoms with Gasteiger partial charge in [0.2, 0.25) is 0 Å². The van der Waals surface area contributed by atoms with Gasteiger partial charge in [-0.25, -0.2) is 4.39 Å². The lowest BCUT2D eigenvalue weighted by Crippen LogP contribution is -2.13. The van der Waals surface area contributed by atoms with Crippen LogP contribution >= 0.6 is 0 Å². The van der Waals surface area contributed by atoms with Crippen molar-refractivity contribution in [2.45, 2.75) is 20.0 Å². The molecule has 0 aliphatic heterocycles. The first-order valence-corrected chi connectivity index (χ1v) is 7.50. The molecular formula is C19H22FNO2. The molecule has 2 aromatic rings. The van der Waals surface area contributed by atoms with Crippen molar-refractivity contribution in [3.63, 3.8) is 0 Å². The van der Waals surface area contributed by atoms with Gasteiger partial charge >= 0.3 is 0 Å². The van der Waals surface area contributed by atoms with E-state index in [9.17, 15) is 4.39 Å². The topological polar surface area (TPSA) is 30.5 Å². The van der Waals surface area contributed by atoms with Crippen LogP contribution in [-0.4, -0.2) is 13.7 Å². The molecule has 23 heavy (non-hydrogen) atoms. The van der Waals surface area contributed by atoms with Gasteiger partial charge in [0.05, 0.1) is 7.11 Å². The summed E-state index contributed by atoms with van der Waals surface area (Å²) in [6, 6.07) is 11.0. The van der Waals surface area contributed by atoms with Crippen molar-refractivity contribution in [2.75, 3.05) is 13.7 Å². The molecule has 0 spiro atoms. The van der Waals surface area contributed by atoms with E-state index in [0.29, 0.717) is 36.8 Å². The van der Waals surface area contributed by atoms with Crippen molar-refractivity contribution in [2.24, 2.45) is 0 Å². The fraction of sp³-hybridized carbons (Fsp3) is 0.263. The Kier molecular flexibility index (Phi) is 6.18. The number of ether oxygens (including phenoxy) is 2. The number of benzene rings is 2. The molecule has 2 aromatic carbocycles. The van der Waals surface area contributed by atoms with Gasteiger partial charge in [0.25, 0.3) is 0 Å². The summed E-state index contributed by atoms with van der Waals surface area (Å²) >= 11 is 0. The zero-order valence-corrected chi connectivity index (χ0v) is 13.6.